The Kier molecular flexibility index (Phi) is 6.46. The van der Waals surface area contributed by atoms with Crippen molar-refractivity contribution in [2.45, 2.75) is 19.8 Å². The summed E-state index contributed by atoms with van der Waals surface area (Å²) in [6, 6.07) is 17.6. The molecule has 0 saturated carbocycles. The molecule has 1 amide bonds. The normalized spacial score (nSPS) is 14.6. The molecule has 0 aliphatic carbocycles. The Labute approximate surface area is 166 Å². The van der Waals surface area contributed by atoms with E-state index >= 15 is 0 Å². The van der Waals surface area contributed by atoms with Crippen molar-refractivity contribution in [1.82, 2.24) is 0 Å². The highest BCUT2D eigenvalue weighted by Gasteiger charge is 2.13. The molecule has 2 aromatic carbocycles. The monoisotopic (exact) mass is 375 g/mol. The largest absolute Gasteiger partial charge is 0.378 e. The molecule has 0 aromatic heterocycles. The summed E-state index contributed by atoms with van der Waals surface area (Å²) in [4.78, 5) is 14.7. The number of nitrogens with zero attached hydrogens (tertiary/aromatic N) is 2. The van der Waals surface area contributed by atoms with Gasteiger partial charge in [0.1, 0.15) is 11.6 Å². The van der Waals surface area contributed by atoms with Crippen molar-refractivity contribution >= 4 is 23.4 Å². The summed E-state index contributed by atoms with van der Waals surface area (Å²) in [5, 5.41) is 12.2. The number of carbonyl (C=O) groups is 1. The van der Waals surface area contributed by atoms with Crippen molar-refractivity contribution in [3.8, 4) is 6.07 Å². The lowest BCUT2D eigenvalue weighted by molar-refractivity contribution is -0.112. The van der Waals surface area contributed by atoms with Crippen LogP contribution >= 0.6 is 0 Å². The SMILES string of the molecule is CC(C)c1ccc(/C=C(\C#N)C(=O)Nc2ccc(N3CCOCC3)cc2)cc1. The molecular formula is C23H25N3O2. The third kappa shape index (κ3) is 4.99. The maximum atomic E-state index is 12.5. The minimum Gasteiger partial charge on any atom is -0.378 e. The molecule has 1 heterocycles. The molecule has 5 nitrogen and oxygen atoms in total. The van der Waals surface area contributed by atoms with E-state index in [4.69, 9.17) is 4.74 Å². The molecule has 0 bridgehead atoms. The summed E-state index contributed by atoms with van der Waals surface area (Å²) in [7, 11) is 0. The van der Waals surface area contributed by atoms with Crippen molar-refractivity contribution in [3.05, 3.63) is 65.2 Å². The van der Waals surface area contributed by atoms with Crippen LogP contribution in [0.25, 0.3) is 6.08 Å². The van der Waals surface area contributed by atoms with Crippen LogP contribution in [0.5, 0.6) is 0 Å². The second kappa shape index (κ2) is 9.20. The standard InChI is InChI=1S/C23H25N3O2/c1-17(2)19-5-3-18(4-6-19)15-20(16-24)23(27)25-21-7-9-22(10-8-21)26-11-13-28-14-12-26/h3-10,15,17H,11-14H2,1-2H3,(H,25,27)/b20-15+. The summed E-state index contributed by atoms with van der Waals surface area (Å²) in [5.41, 5.74) is 3.90. The molecule has 1 N–H and O–H groups in total. The number of amides is 1. The second-order valence-electron chi connectivity index (χ2n) is 7.09. The first-order chi connectivity index (χ1) is 13.6. The fraction of sp³-hybridized carbons (Fsp3) is 0.304. The lowest BCUT2D eigenvalue weighted by Gasteiger charge is -2.28. The van der Waals surface area contributed by atoms with E-state index in [-0.39, 0.29) is 5.57 Å². The van der Waals surface area contributed by atoms with Gasteiger partial charge in [-0.15, -0.1) is 0 Å². The molecule has 2 aromatic rings. The maximum Gasteiger partial charge on any atom is 0.266 e. The van der Waals surface area contributed by atoms with Gasteiger partial charge in [0.05, 0.1) is 13.2 Å². The molecular weight excluding hydrogens is 350 g/mol. The number of hydrogen-bond acceptors (Lipinski definition) is 4. The Morgan fingerprint density at radius 1 is 1.11 bits per heavy atom. The van der Waals surface area contributed by atoms with Crippen LogP contribution in [0.15, 0.2) is 54.1 Å². The minimum atomic E-state index is -0.408. The third-order valence-corrected chi connectivity index (χ3v) is 4.78. The zero-order valence-electron chi connectivity index (χ0n) is 16.3. The number of hydrogen-bond donors (Lipinski definition) is 1. The fourth-order valence-corrected chi connectivity index (χ4v) is 3.07. The summed E-state index contributed by atoms with van der Waals surface area (Å²) in [5.74, 6) is 0.0340. The zero-order valence-corrected chi connectivity index (χ0v) is 16.3. The number of benzene rings is 2. The van der Waals surface area contributed by atoms with E-state index in [1.54, 1.807) is 6.08 Å². The Morgan fingerprint density at radius 2 is 1.75 bits per heavy atom. The van der Waals surface area contributed by atoms with Gasteiger partial charge in [0.15, 0.2) is 0 Å². The van der Waals surface area contributed by atoms with Gasteiger partial charge in [-0.05, 0) is 47.4 Å². The number of carbonyl (C=O) groups excluding carboxylic acids is 1. The molecule has 3 rings (SSSR count). The lowest BCUT2D eigenvalue weighted by Crippen LogP contribution is -2.36. The predicted octanol–water partition coefficient (Wildman–Crippen LogP) is 4.19. The topological polar surface area (TPSA) is 65.4 Å². The zero-order chi connectivity index (χ0) is 19.9. The molecule has 144 valence electrons. The van der Waals surface area contributed by atoms with Crippen molar-refractivity contribution in [1.29, 1.82) is 5.26 Å². The smallest absolute Gasteiger partial charge is 0.266 e. The van der Waals surface area contributed by atoms with Crippen LogP contribution in [0.3, 0.4) is 0 Å². The molecule has 1 aliphatic rings. The Hall–Kier alpha value is -3.10. The van der Waals surface area contributed by atoms with Gasteiger partial charge < -0.3 is 15.0 Å². The first-order valence-electron chi connectivity index (χ1n) is 9.52. The van der Waals surface area contributed by atoms with Gasteiger partial charge in [0.25, 0.3) is 5.91 Å². The summed E-state index contributed by atoms with van der Waals surface area (Å²) in [6.45, 7) is 7.44. The highest BCUT2D eigenvalue weighted by atomic mass is 16.5. The maximum absolute atomic E-state index is 12.5. The Balaban J connectivity index is 1.67. The van der Waals surface area contributed by atoms with Crippen molar-refractivity contribution in [2.75, 3.05) is 36.5 Å². The fourth-order valence-electron chi connectivity index (χ4n) is 3.07. The van der Waals surface area contributed by atoms with Crippen molar-refractivity contribution < 1.29 is 9.53 Å². The summed E-state index contributed by atoms with van der Waals surface area (Å²) in [6.07, 6.45) is 1.61. The van der Waals surface area contributed by atoms with Gasteiger partial charge in [0.2, 0.25) is 0 Å². The van der Waals surface area contributed by atoms with E-state index in [0.29, 0.717) is 11.6 Å². The van der Waals surface area contributed by atoms with E-state index in [0.717, 1.165) is 37.6 Å². The van der Waals surface area contributed by atoms with Gasteiger partial charge in [0, 0.05) is 24.5 Å². The average molecular weight is 375 g/mol. The van der Waals surface area contributed by atoms with Crippen LogP contribution in [0, 0.1) is 11.3 Å². The highest BCUT2D eigenvalue weighted by Crippen LogP contribution is 2.20. The van der Waals surface area contributed by atoms with Gasteiger partial charge in [-0.3, -0.25) is 4.79 Å². The molecule has 0 atom stereocenters. The number of nitriles is 1. The van der Waals surface area contributed by atoms with Gasteiger partial charge in [-0.25, -0.2) is 0 Å². The third-order valence-electron chi connectivity index (χ3n) is 4.78. The van der Waals surface area contributed by atoms with Crippen molar-refractivity contribution in [2.24, 2.45) is 0 Å². The summed E-state index contributed by atoms with van der Waals surface area (Å²) >= 11 is 0. The molecule has 1 aliphatic heterocycles. The molecule has 0 spiro atoms. The van der Waals surface area contributed by atoms with Crippen LogP contribution in [0.1, 0.15) is 30.9 Å². The van der Waals surface area contributed by atoms with E-state index < -0.39 is 5.91 Å². The molecule has 1 fully saturated rings. The quantitative estimate of drug-likeness (QED) is 0.629. The second-order valence-corrected chi connectivity index (χ2v) is 7.09. The van der Waals surface area contributed by atoms with Gasteiger partial charge in [-0.1, -0.05) is 38.1 Å². The van der Waals surface area contributed by atoms with Crippen LogP contribution in [-0.4, -0.2) is 32.2 Å². The van der Waals surface area contributed by atoms with Gasteiger partial charge >= 0.3 is 0 Å². The molecule has 0 radical (unpaired) electrons. The van der Waals surface area contributed by atoms with Crippen LogP contribution in [0.4, 0.5) is 11.4 Å². The first kappa shape index (κ1) is 19.7. The predicted molar refractivity (Wildman–Crippen MR) is 112 cm³/mol. The Morgan fingerprint density at radius 3 is 2.32 bits per heavy atom. The molecule has 1 saturated heterocycles. The molecule has 0 unspecified atom stereocenters. The van der Waals surface area contributed by atoms with Crippen LogP contribution < -0.4 is 10.2 Å². The minimum absolute atomic E-state index is 0.0783. The van der Waals surface area contributed by atoms with Gasteiger partial charge in [-0.2, -0.15) is 5.26 Å². The van der Waals surface area contributed by atoms with E-state index in [9.17, 15) is 10.1 Å². The summed E-state index contributed by atoms with van der Waals surface area (Å²) < 4.78 is 5.37. The number of ether oxygens (including phenoxy) is 1. The van der Waals surface area contributed by atoms with Crippen molar-refractivity contribution in [3.63, 3.8) is 0 Å². The number of anilines is 2. The Bertz CT molecular complexity index is 872. The van der Waals surface area contributed by atoms with E-state index in [2.05, 4.69) is 24.1 Å². The highest BCUT2D eigenvalue weighted by molar-refractivity contribution is 6.09. The van der Waals surface area contributed by atoms with Crippen LogP contribution in [-0.2, 0) is 9.53 Å². The molecule has 28 heavy (non-hydrogen) atoms. The first-order valence-corrected chi connectivity index (χ1v) is 9.52. The number of rotatable bonds is 5. The average Bonchev–Trinajstić information content (AvgIpc) is 2.73. The lowest BCUT2D eigenvalue weighted by atomic mass is 10.0. The number of nitrogens with one attached hydrogen (secondary N) is 1. The van der Waals surface area contributed by atoms with Crippen LogP contribution in [0.2, 0.25) is 0 Å². The van der Waals surface area contributed by atoms with E-state index in [1.807, 2.05) is 54.6 Å². The number of morpholine rings is 1. The van der Waals surface area contributed by atoms with E-state index in [1.165, 1.54) is 5.56 Å². The molecule has 5 heteroatoms.